The van der Waals surface area contributed by atoms with E-state index < -0.39 is 0 Å². The van der Waals surface area contributed by atoms with Gasteiger partial charge in [0.25, 0.3) is 5.91 Å². The molecule has 1 atom stereocenters. The van der Waals surface area contributed by atoms with Gasteiger partial charge >= 0.3 is 0 Å². The van der Waals surface area contributed by atoms with Crippen LogP contribution in [0.2, 0.25) is 0 Å². The SMILES string of the molecule is CCCCCCOc1ccc(C(=O)NCCOCC2CO2)cc1. The van der Waals surface area contributed by atoms with Crippen molar-refractivity contribution in [2.45, 2.75) is 38.7 Å². The van der Waals surface area contributed by atoms with E-state index in [1.807, 2.05) is 12.1 Å². The number of benzene rings is 1. The molecule has 0 aliphatic carbocycles. The summed E-state index contributed by atoms with van der Waals surface area (Å²) in [5.74, 6) is 0.719. The predicted molar refractivity (Wildman–Crippen MR) is 89.0 cm³/mol. The highest BCUT2D eigenvalue weighted by molar-refractivity contribution is 5.94. The molecule has 23 heavy (non-hydrogen) atoms. The number of carbonyl (C=O) groups excluding carboxylic acids is 1. The molecule has 1 aromatic carbocycles. The van der Waals surface area contributed by atoms with E-state index in [0.29, 0.717) is 25.3 Å². The Morgan fingerprint density at radius 1 is 1.22 bits per heavy atom. The van der Waals surface area contributed by atoms with Crippen molar-refractivity contribution >= 4 is 5.91 Å². The molecule has 2 rings (SSSR count). The molecule has 1 fully saturated rings. The van der Waals surface area contributed by atoms with Crippen LogP contribution in [0.1, 0.15) is 43.0 Å². The average molecular weight is 321 g/mol. The summed E-state index contributed by atoms with van der Waals surface area (Å²) < 4.78 is 16.1. The van der Waals surface area contributed by atoms with Gasteiger partial charge in [0.1, 0.15) is 11.9 Å². The largest absolute Gasteiger partial charge is 0.494 e. The van der Waals surface area contributed by atoms with Crippen molar-refractivity contribution in [3.05, 3.63) is 29.8 Å². The van der Waals surface area contributed by atoms with Crippen LogP contribution in [-0.4, -0.2) is 45.0 Å². The van der Waals surface area contributed by atoms with Gasteiger partial charge in [-0.1, -0.05) is 26.2 Å². The molecule has 0 saturated carbocycles. The molecule has 5 heteroatoms. The minimum atomic E-state index is -0.0919. The Labute approximate surface area is 138 Å². The molecule has 1 N–H and O–H groups in total. The highest BCUT2D eigenvalue weighted by atomic mass is 16.6. The first-order valence-electron chi connectivity index (χ1n) is 8.50. The molecule has 0 spiro atoms. The average Bonchev–Trinajstić information content (AvgIpc) is 3.39. The van der Waals surface area contributed by atoms with Crippen LogP contribution < -0.4 is 10.1 Å². The molecule has 0 bridgehead atoms. The lowest BCUT2D eigenvalue weighted by Gasteiger charge is -2.08. The van der Waals surface area contributed by atoms with Crippen LogP contribution in [-0.2, 0) is 9.47 Å². The Kier molecular flexibility index (Phi) is 7.90. The fraction of sp³-hybridized carbons (Fsp3) is 0.611. The number of unbranched alkanes of at least 4 members (excludes halogenated alkanes) is 3. The summed E-state index contributed by atoms with van der Waals surface area (Å²) in [7, 11) is 0. The molecular weight excluding hydrogens is 294 g/mol. The minimum Gasteiger partial charge on any atom is -0.494 e. The Morgan fingerprint density at radius 2 is 2.00 bits per heavy atom. The second-order valence-corrected chi connectivity index (χ2v) is 5.72. The molecule has 0 aromatic heterocycles. The van der Waals surface area contributed by atoms with Crippen molar-refractivity contribution in [3.63, 3.8) is 0 Å². The first kappa shape index (κ1) is 17.8. The third kappa shape index (κ3) is 7.48. The molecule has 1 aliphatic rings. The summed E-state index contributed by atoms with van der Waals surface area (Å²) in [4.78, 5) is 12.0. The van der Waals surface area contributed by atoms with E-state index in [2.05, 4.69) is 12.2 Å². The van der Waals surface area contributed by atoms with Gasteiger partial charge in [0.05, 0.1) is 26.4 Å². The monoisotopic (exact) mass is 321 g/mol. The van der Waals surface area contributed by atoms with Gasteiger partial charge in [0.2, 0.25) is 0 Å². The van der Waals surface area contributed by atoms with Gasteiger partial charge in [-0.2, -0.15) is 0 Å². The number of rotatable bonds is 12. The van der Waals surface area contributed by atoms with Gasteiger partial charge < -0.3 is 19.5 Å². The van der Waals surface area contributed by atoms with Gasteiger partial charge in [0.15, 0.2) is 0 Å². The lowest BCUT2D eigenvalue weighted by atomic mass is 10.2. The first-order chi connectivity index (χ1) is 11.3. The van der Waals surface area contributed by atoms with E-state index in [-0.39, 0.29) is 12.0 Å². The smallest absolute Gasteiger partial charge is 0.251 e. The van der Waals surface area contributed by atoms with Crippen molar-refractivity contribution < 1.29 is 19.0 Å². The van der Waals surface area contributed by atoms with Gasteiger partial charge in [-0.05, 0) is 30.7 Å². The first-order valence-corrected chi connectivity index (χ1v) is 8.50. The lowest BCUT2D eigenvalue weighted by molar-refractivity contribution is 0.0899. The molecule has 1 amide bonds. The highest BCUT2D eigenvalue weighted by Gasteiger charge is 2.21. The van der Waals surface area contributed by atoms with Gasteiger partial charge in [-0.15, -0.1) is 0 Å². The molecule has 1 aliphatic heterocycles. The molecule has 128 valence electrons. The van der Waals surface area contributed by atoms with Crippen LogP contribution in [0.25, 0.3) is 0 Å². The van der Waals surface area contributed by atoms with Crippen molar-refractivity contribution in [2.75, 3.05) is 33.0 Å². The molecular formula is C18H27NO4. The van der Waals surface area contributed by atoms with Crippen molar-refractivity contribution in [1.82, 2.24) is 5.32 Å². The zero-order valence-electron chi connectivity index (χ0n) is 13.9. The van der Waals surface area contributed by atoms with Crippen LogP contribution >= 0.6 is 0 Å². The Bertz CT molecular complexity index is 457. The standard InChI is InChI=1S/C18H27NO4/c1-2-3-4-5-11-22-16-8-6-15(7-9-16)18(20)19-10-12-21-13-17-14-23-17/h6-9,17H,2-5,10-14H2,1H3,(H,19,20). The van der Waals surface area contributed by atoms with Crippen molar-refractivity contribution in [1.29, 1.82) is 0 Å². The summed E-state index contributed by atoms with van der Waals surface area (Å²) >= 11 is 0. The molecule has 0 radical (unpaired) electrons. The van der Waals surface area contributed by atoms with Crippen LogP contribution in [0.5, 0.6) is 5.75 Å². The summed E-state index contributed by atoms with van der Waals surface area (Å²) in [6.07, 6.45) is 5.01. The summed E-state index contributed by atoms with van der Waals surface area (Å²) in [5.41, 5.74) is 0.633. The lowest BCUT2D eigenvalue weighted by Crippen LogP contribution is -2.27. The number of carbonyl (C=O) groups is 1. The van der Waals surface area contributed by atoms with Crippen LogP contribution in [0.4, 0.5) is 0 Å². The number of ether oxygens (including phenoxy) is 3. The second-order valence-electron chi connectivity index (χ2n) is 5.72. The maximum atomic E-state index is 12.0. The second kappa shape index (κ2) is 10.2. The summed E-state index contributed by atoms with van der Waals surface area (Å²) in [6.45, 7) is 5.33. The van der Waals surface area contributed by atoms with Gasteiger partial charge in [0, 0.05) is 12.1 Å². The number of hydrogen-bond donors (Lipinski definition) is 1. The zero-order valence-corrected chi connectivity index (χ0v) is 13.9. The maximum Gasteiger partial charge on any atom is 0.251 e. The fourth-order valence-corrected chi connectivity index (χ4v) is 2.14. The van der Waals surface area contributed by atoms with E-state index in [9.17, 15) is 4.79 Å². The van der Waals surface area contributed by atoms with Crippen LogP contribution in [0, 0.1) is 0 Å². The Morgan fingerprint density at radius 3 is 2.70 bits per heavy atom. The van der Waals surface area contributed by atoms with Crippen LogP contribution in [0.15, 0.2) is 24.3 Å². The molecule has 1 aromatic rings. The molecule has 1 heterocycles. The van der Waals surface area contributed by atoms with E-state index in [1.165, 1.54) is 19.3 Å². The third-order valence-corrected chi connectivity index (χ3v) is 3.62. The highest BCUT2D eigenvalue weighted by Crippen LogP contribution is 2.13. The number of hydrogen-bond acceptors (Lipinski definition) is 4. The normalized spacial score (nSPS) is 16.1. The summed E-state index contributed by atoms with van der Waals surface area (Å²) in [6, 6.07) is 7.26. The predicted octanol–water partition coefficient (Wildman–Crippen LogP) is 2.79. The number of amides is 1. The van der Waals surface area contributed by atoms with Crippen molar-refractivity contribution in [2.24, 2.45) is 0 Å². The van der Waals surface area contributed by atoms with Gasteiger partial charge in [-0.3, -0.25) is 4.79 Å². The molecule has 5 nitrogen and oxygen atoms in total. The fourth-order valence-electron chi connectivity index (χ4n) is 2.14. The summed E-state index contributed by atoms with van der Waals surface area (Å²) in [5, 5.41) is 2.83. The van der Waals surface area contributed by atoms with E-state index in [4.69, 9.17) is 14.2 Å². The quantitative estimate of drug-likeness (QED) is 0.475. The Hall–Kier alpha value is -1.59. The topological polar surface area (TPSA) is 60.1 Å². The molecule has 1 unspecified atom stereocenters. The van der Waals surface area contributed by atoms with Crippen molar-refractivity contribution in [3.8, 4) is 5.75 Å². The van der Waals surface area contributed by atoms with Gasteiger partial charge in [-0.25, -0.2) is 0 Å². The number of epoxide rings is 1. The Balaban J connectivity index is 1.59. The van der Waals surface area contributed by atoms with Crippen LogP contribution in [0.3, 0.4) is 0 Å². The molecule has 1 saturated heterocycles. The maximum absolute atomic E-state index is 12.0. The third-order valence-electron chi connectivity index (χ3n) is 3.62. The number of nitrogens with one attached hydrogen (secondary N) is 1. The van der Waals surface area contributed by atoms with E-state index >= 15 is 0 Å². The van der Waals surface area contributed by atoms with E-state index in [0.717, 1.165) is 25.4 Å². The minimum absolute atomic E-state index is 0.0919. The zero-order chi connectivity index (χ0) is 16.3. The van der Waals surface area contributed by atoms with E-state index in [1.54, 1.807) is 12.1 Å².